The number of hydrogen-bond acceptors (Lipinski definition) is 4. The Morgan fingerprint density at radius 3 is 2.81 bits per heavy atom. The van der Waals surface area contributed by atoms with E-state index in [1.807, 2.05) is 0 Å². The second-order valence-corrected chi connectivity index (χ2v) is 6.14. The van der Waals surface area contributed by atoms with E-state index < -0.39 is 5.82 Å². The predicted octanol–water partition coefficient (Wildman–Crippen LogP) is 4.58. The van der Waals surface area contributed by atoms with Gasteiger partial charge in [0.25, 0.3) is 0 Å². The maximum atomic E-state index is 14.1. The van der Waals surface area contributed by atoms with E-state index in [0.717, 1.165) is 29.0 Å². The zero-order valence-corrected chi connectivity index (χ0v) is 13.6. The minimum atomic E-state index is -0.407. The molecule has 3 nitrogen and oxygen atoms in total. The standard InChI is InChI=1S/C15H17ClFNO2S/c1-3-4-13-14(18-15(16)21-13)10-5-6-12(11(17)9-10)20-8-7-19-2/h5-6,9H,3-4,7-8H2,1-2H3. The van der Waals surface area contributed by atoms with Crippen molar-refractivity contribution in [3.63, 3.8) is 0 Å². The smallest absolute Gasteiger partial charge is 0.184 e. The van der Waals surface area contributed by atoms with E-state index in [1.165, 1.54) is 17.4 Å². The number of rotatable bonds is 7. The van der Waals surface area contributed by atoms with Crippen LogP contribution in [0.2, 0.25) is 4.47 Å². The van der Waals surface area contributed by atoms with Crippen LogP contribution < -0.4 is 4.74 Å². The first-order chi connectivity index (χ1) is 10.2. The molecule has 0 radical (unpaired) electrons. The van der Waals surface area contributed by atoms with Crippen LogP contribution in [0.5, 0.6) is 5.75 Å². The lowest BCUT2D eigenvalue weighted by atomic mass is 10.1. The van der Waals surface area contributed by atoms with Crippen LogP contribution in [0.15, 0.2) is 18.2 Å². The molecule has 1 heterocycles. The van der Waals surface area contributed by atoms with Crippen LogP contribution in [-0.2, 0) is 11.2 Å². The van der Waals surface area contributed by atoms with Gasteiger partial charge in [-0.25, -0.2) is 9.37 Å². The summed E-state index contributed by atoms with van der Waals surface area (Å²) in [6, 6.07) is 4.85. The molecule has 0 fully saturated rings. The molecule has 114 valence electrons. The molecule has 0 aliphatic heterocycles. The van der Waals surface area contributed by atoms with Crippen LogP contribution in [0, 0.1) is 5.82 Å². The number of benzene rings is 1. The summed E-state index contributed by atoms with van der Waals surface area (Å²) in [5.74, 6) is -0.190. The minimum Gasteiger partial charge on any atom is -0.488 e. The van der Waals surface area contributed by atoms with Crippen LogP contribution in [-0.4, -0.2) is 25.3 Å². The monoisotopic (exact) mass is 329 g/mol. The molecule has 0 unspecified atom stereocenters. The molecule has 2 rings (SSSR count). The molecule has 21 heavy (non-hydrogen) atoms. The fraction of sp³-hybridized carbons (Fsp3) is 0.400. The molecule has 0 aliphatic carbocycles. The number of thiazole rings is 1. The largest absolute Gasteiger partial charge is 0.488 e. The molecule has 0 atom stereocenters. The van der Waals surface area contributed by atoms with Crippen molar-refractivity contribution in [2.24, 2.45) is 0 Å². The summed E-state index contributed by atoms with van der Waals surface area (Å²) >= 11 is 7.43. The maximum Gasteiger partial charge on any atom is 0.184 e. The summed E-state index contributed by atoms with van der Waals surface area (Å²) in [5.41, 5.74) is 1.48. The molecule has 6 heteroatoms. The third-order valence-corrected chi connectivity index (χ3v) is 4.12. The first-order valence-electron chi connectivity index (χ1n) is 6.72. The molecule has 0 amide bonds. The Bertz CT molecular complexity index is 603. The lowest BCUT2D eigenvalue weighted by molar-refractivity contribution is 0.144. The Labute approximate surface area is 132 Å². The number of aryl methyl sites for hydroxylation is 1. The van der Waals surface area contributed by atoms with Gasteiger partial charge < -0.3 is 9.47 Å². The maximum absolute atomic E-state index is 14.1. The van der Waals surface area contributed by atoms with Gasteiger partial charge in [0.2, 0.25) is 0 Å². The third-order valence-electron chi connectivity index (χ3n) is 2.90. The van der Waals surface area contributed by atoms with Crippen molar-refractivity contribution >= 4 is 22.9 Å². The van der Waals surface area contributed by atoms with Crippen LogP contribution in [0.4, 0.5) is 4.39 Å². The number of ether oxygens (including phenoxy) is 2. The molecule has 1 aromatic carbocycles. The molecule has 0 spiro atoms. The fourth-order valence-electron chi connectivity index (χ4n) is 1.95. The highest BCUT2D eigenvalue weighted by Gasteiger charge is 2.14. The van der Waals surface area contributed by atoms with Crippen molar-refractivity contribution in [1.29, 1.82) is 0 Å². The van der Waals surface area contributed by atoms with Gasteiger partial charge in [0.15, 0.2) is 16.0 Å². The normalized spacial score (nSPS) is 10.9. The second-order valence-electron chi connectivity index (χ2n) is 4.48. The Kier molecular flexibility index (Phi) is 5.96. The van der Waals surface area contributed by atoms with Gasteiger partial charge in [-0.15, -0.1) is 11.3 Å². The Morgan fingerprint density at radius 2 is 2.14 bits per heavy atom. The Balaban J connectivity index is 2.23. The highest BCUT2D eigenvalue weighted by molar-refractivity contribution is 7.16. The van der Waals surface area contributed by atoms with Crippen LogP contribution in [0.25, 0.3) is 11.3 Å². The average Bonchev–Trinajstić information content (AvgIpc) is 2.82. The lowest BCUT2D eigenvalue weighted by Gasteiger charge is -2.08. The number of nitrogens with zero attached hydrogens (tertiary/aromatic N) is 1. The van der Waals surface area contributed by atoms with Gasteiger partial charge in [-0.05, 0) is 24.6 Å². The van der Waals surface area contributed by atoms with Crippen molar-refractivity contribution in [2.75, 3.05) is 20.3 Å². The number of halogens is 2. The van der Waals surface area contributed by atoms with Crippen molar-refractivity contribution in [2.45, 2.75) is 19.8 Å². The van der Waals surface area contributed by atoms with Gasteiger partial charge in [-0.3, -0.25) is 0 Å². The van der Waals surface area contributed by atoms with Gasteiger partial charge in [0.1, 0.15) is 6.61 Å². The summed E-state index contributed by atoms with van der Waals surface area (Å²) in [5, 5.41) is 0. The van der Waals surface area contributed by atoms with Crippen molar-refractivity contribution in [3.8, 4) is 17.0 Å². The predicted molar refractivity (Wildman–Crippen MR) is 83.9 cm³/mol. The third kappa shape index (κ3) is 4.15. The van der Waals surface area contributed by atoms with E-state index >= 15 is 0 Å². The number of methoxy groups -OCH3 is 1. The van der Waals surface area contributed by atoms with E-state index in [1.54, 1.807) is 19.2 Å². The van der Waals surface area contributed by atoms with Gasteiger partial charge in [-0.1, -0.05) is 24.9 Å². The average molecular weight is 330 g/mol. The van der Waals surface area contributed by atoms with Crippen molar-refractivity contribution < 1.29 is 13.9 Å². The van der Waals surface area contributed by atoms with E-state index in [-0.39, 0.29) is 5.75 Å². The summed E-state index contributed by atoms with van der Waals surface area (Å²) in [6.07, 6.45) is 1.87. The molecule has 2 aromatic rings. The lowest BCUT2D eigenvalue weighted by Crippen LogP contribution is -2.05. The minimum absolute atomic E-state index is 0.217. The van der Waals surface area contributed by atoms with Gasteiger partial charge in [-0.2, -0.15) is 0 Å². The molecular formula is C15H17ClFNO2S. The molecule has 0 aliphatic rings. The zero-order valence-electron chi connectivity index (χ0n) is 12.0. The number of aromatic nitrogens is 1. The van der Waals surface area contributed by atoms with Gasteiger partial charge in [0.05, 0.1) is 12.3 Å². The second kappa shape index (κ2) is 7.73. The Hall–Kier alpha value is -1.17. The molecular weight excluding hydrogens is 313 g/mol. The van der Waals surface area contributed by atoms with E-state index in [0.29, 0.717) is 17.7 Å². The quantitative estimate of drug-likeness (QED) is 0.697. The van der Waals surface area contributed by atoms with Gasteiger partial charge in [0, 0.05) is 17.6 Å². The van der Waals surface area contributed by atoms with E-state index in [9.17, 15) is 4.39 Å². The highest BCUT2D eigenvalue weighted by atomic mass is 35.5. The summed E-state index contributed by atoms with van der Waals surface area (Å²) in [7, 11) is 1.57. The van der Waals surface area contributed by atoms with Gasteiger partial charge >= 0.3 is 0 Å². The topological polar surface area (TPSA) is 31.4 Å². The fourth-order valence-corrected chi connectivity index (χ4v) is 3.22. The number of hydrogen-bond donors (Lipinski definition) is 0. The molecule has 0 N–H and O–H groups in total. The zero-order chi connectivity index (χ0) is 15.2. The van der Waals surface area contributed by atoms with Crippen LogP contribution >= 0.6 is 22.9 Å². The Morgan fingerprint density at radius 1 is 1.33 bits per heavy atom. The summed E-state index contributed by atoms with van der Waals surface area (Å²) in [6.45, 7) is 2.82. The van der Waals surface area contributed by atoms with E-state index in [2.05, 4.69) is 11.9 Å². The first kappa shape index (κ1) is 16.2. The van der Waals surface area contributed by atoms with Crippen molar-refractivity contribution in [3.05, 3.63) is 33.4 Å². The summed E-state index contributed by atoms with van der Waals surface area (Å²) < 4.78 is 24.7. The molecule has 0 saturated heterocycles. The highest BCUT2D eigenvalue weighted by Crippen LogP contribution is 2.33. The van der Waals surface area contributed by atoms with E-state index in [4.69, 9.17) is 21.1 Å². The SMILES string of the molecule is CCCc1sc(Cl)nc1-c1ccc(OCCOC)c(F)c1. The molecule has 0 saturated carbocycles. The van der Waals surface area contributed by atoms with Crippen LogP contribution in [0.3, 0.4) is 0 Å². The summed E-state index contributed by atoms with van der Waals surface area (Å²) in [4.78, 5) is 5.38. The first-order valence-corrected chi connectivity index (χ1v) is 7.92. The van der Waals surface area contributed by atoms with Crippen molar-refractivity contribution in [1.82, 2.24) is 4.98 Å². The molecule has 0 bridgehead atoms. The van der Waals surface area contributed by atoms with Crippen LogP contribution in [0.1, 0.15) is 18.2 Å². The molecule has 1 aromatic heterocycles.